The maximum atomic E-state index is 11.8. The van der Waals surface area contributed by atoms with E-state index in [1.165, 1.54) is 19.3 Å². The molecule has 0 aliphatic carbocycles. The van der Waals surface area contributed by atoms with Gasteiger partial charge in [0, 0.05) is 19.3 Å². The van der Waals surface area contributed by atoms with Gasteiger partial charge in [0.15, 0.2) is 0 Å². The monoisotopic (exact) mass is 297 g/mol. The van der Waals surface area contributed by atoms with E-state index in [9.17, 15) is 19.2 Å². The highest BCUT2D eigenvalue weighted by Crippen LogP contribution is 2.01. The molecule has 21 heavy (non-hydrogen) atoms. The molecule has 0 aliphatic heterocycles. The Morgan fingerprint density at radius 1 is 1.38 bits per heavy atom. The lowest BCUT2D eigenvalue weighted by atomic mass is 10.1. The van der Waals surface area contributed by atoms with Crippen LogP contribution < -0.4 is 16.6 Å². The maximum Gasteiger partial charge on any atom is 0.331 e. The van der Waals surface area contributed by atoms with Gasteiger partial charge in [-0.1, -0.05) is 19.8 Å². The largest absolute Gasteiger partial charge is 0.480 e. The SMILES string of the molecule is CCCC[C@H](NC(=O)Cn1ccc(=O)n(C)c1=O)C(=O)O. The van der Waals surface area contributed by atoms with Crippen LogP contribution in [0.15, 0.2) is 21.9 Å². The molecule has 2 N–H and O–H groups in total. The molecule has 1 aromatic rings. The van der Waals surface area contributed by atoms with E-state index < -0.39 is 29.2 Å². The van der Waals surface area contributed by atoms with E-state index in [4.69, 9.17) is 5.11 Å². The number of carboxylic acids is 1. The van der Waals surface area contributed by atoms with Crippen LogP contribution in [-0.4, -0.2) is 32.2 Å². The normalized spacial score (nSPS) is 11.9. The van der Waals surface area contributed by atoms with Crippen molar-refractivity contribution in [2.75, 3.05) is 0 Å². The summed E-state index contributed by atoms with van der Waals surface area (Å²) in [6, 6.07) is 0.196. The standard InChI is InChI=1S/C13H19N3O5/c1-3-4-5-9(12(19)20)14-10(17)8-16-7-6-11(18)15(2)13(16)21/h6-7,9H,3-5,8H2,1-2H3,(H,14,17)(H,19,20)/t9-/m0/s1. The summed E-state index contributed by atoms with van der Waals surface area (Å²) >= 11 is 0. The molecule has 1 aromatic heterocycles. The van der Waals surface area contributed by atoms with Crippen LogP contribution in [0.1, 0.15) is 26.2 Å². The molecule has 8 heteroatoms. The molecular formula is C13H19N3O5. The van der Waals surface area contributed by atoms with Crippen molar-refractivity contribution in [2.24, 2.45) is 7.05 Å². The molecule has 0 fully saturated rings. The number of aliphatic carboxylic acids is 1. The van der Waals surface area contributed by atoms with Crippen molar-refractivity contribution in [3.8, 4) is 0 Å². The molecule has 0 saturated carbocycles. The van der Waals surface area contributed by atoms with Crippen molar-refractivity contribution in [1.29, 1.82) is 0 Å². The summed E-state index contributed by atoms with van der Waals surface area (Å²) in [5.74, 6) is -1.69. The average Bonchev–Trinajstić information content (AvgIpc) is 2.43. The van der Waals surface area contributed by atoms with E-state index in [0.717, 1.165) is 15.6 Å². The molecule has 116 valence electrons. The van der Waals surface area contributed by atoms with Crippen molar-refractivity contribution >= 4 is 11.9 Å². The zero-order valence-electron chi connectivity index (χ0n) is 12.0. The lowest BCUT2D eigenvalue weighted by Crippen LogP contribution is -2.45. The predicted molar refractivity (Wildman–Crippen MR) is 75.0 cm³/mol. The van der Waals surface area contributed by atoms with Gasteiger partial charge in [0.1, 0.15) is 12.6 Å². The quantitative estimate of drug-likeness (QED) is 0.692. The van der Waals surface area contributed by atoms with Gasteiger partial charge < -0.3 is 10.4 Å². The summed E-state index contributed by atoms with van der Waals surface area (Å²) in [5, 5.41) is 11.4. The van der Waals surface area contributed by atoms with Gasteiger partial charge in [0.25, 0.3) is 5.56 Å². The van der Waals surface area contributed by atoms with Crippen LogP contribution in [-0.2, 0) is 23.2 Å². The highest BCUT2D eigenvalue weighted by Gasteiger charge is 2.19. The first-order chi connectivity index (χ1) is 9.86. The summed E-state index contributed by atoms with van der Waals surface area (Å²) in [5.41, 5.74) is -1.10. The zero-order chi connectivity index (χ0) is 16.0. The summed E-state index contributed by atoms with van der Waals surface area (Å²) in [7, 11) is 1.31. The van der Waals surface area contributed by atoms with Gasteiger partial charge in [-0.25, -0.2) is 9.59 Å². The minimum absolute atomic E-state index is 0.330. The van der Waals surface area contributed by atoms with E-state index >= 15 is 0 Å². The smallest absolute Gasteiger partial charge is 0.331 e. The Morgan fingerprint density at radius 3 is 2.62 bits per heavy atom. The van der Waals surface area contributed by atoms with Gasteiger partial charge in [-0.05, 0) is 6.42 Å². The molecule has 8 nitrogen and oxygen atoms in total. The topological polar surface area (TPSA) is 110 Å². The first-order valence-electron chi connectivity index (χ1n) is 6.65. The highest BCUT2D eigenvalue weighted by atomic mass is 16.4. The number of hydrogen-bond donors (Lipinski definition) is 2. The van der Waals surface area contributed by atoms with Crippen molar-refractivity contribution < 1.29 is 14.7 Å². The summed E-state index contributed by atoms with van der Waals surface area (Å²) < 4.78 is 1.93. The van der Waals surface area contributed by atoms with Crippen molar-refractivity contribution in [2.45, 2.75) is 38.8 Å². The minimum Gasteiger partial charge on any atom is -0.480 e. The van der Waals surface area contributed by atoms with E-state index in [1.807, 2.05) is 6.92 Å². The third kappa shape index (κ3) is 4.59. The number of nitrogens with one attached hydrogen (secondary N) is 1. The van der Waals surface area contributed by atoms with Crippen LogP contribution in [0.5, 0.6) is 0 Å². The first kappa shape index (κ1) is 16.7. The van der Waals surface area contributed by atoms with E-state index in [0.29, 0.717) is 12.8 Å². The Bertz CT molecular complexity index is 631. The van der Waals surface area contributed by atoms with Crippen LogP contribution in [0.3, 0.4) is 0 Å². The third-order valence-electron chi connectivity index (χ3n) is 3.05. The Labute approximate surface area is 121 Å². The van der Waals surface area contributed by atoms with Crippen LogP contribution in [0.4, 0.5) is 0 Å². The van der Waals surface area contributed by atoms with E-state index in [1.54, 1.807) is 0 Å². The molecule has 1 amide bonds. The molecule has 1 heterocycles. The van der Waals surface area contributed by atoms with Crippen LogP contribution in [0.25, 0.3) is 0 Å². The highest BCUT2D eigenvalue weighted by molar-refractivity contribution is 5.83. The number of hydrogen-bond acceptors (Lipinski definition) is 4. The molecule has 0 aliphatic rings. The third-order valence-corrected chi connectivity index (χ3v) is 3.05. The van der Waals surface area contributed by atoms with Gasteiger partial charge in [-0.15, -0.1) is 0 Å². The first-order valence-corrected chi connectivity index (χ1v) is 6.65. The number of carbonyl (C=O) groups is 2. The summed E-state index contributed by atoms with van der Waals surface area (Å²) in [4.78, 5) is 45.8. The maximum absolute atomic E-state index is 11.8. The molecule has 0 aromatic carbocycles. The van der Waals surface area contributed by atoms with Crippen LogP contribution in [0.2, 0.25) is 0 Å². The predicted octanol–water partition coefficient (Wildman–Crippen LogP) is -0.693. The molecule has 0 bridgehead atoms. The lowest BCUT2D eigenvalue weighted by molar-refractivity contribution is -0.142. The van der Waals surface area contributed by atoms with Gasteiger partial charge in [0.2, 0.25) is 5.91 Å². The molecule has 0 unspecified atom stereocenters. The number of aromatic nitrogens is 2. The Hall–Kier alpha value is -2.38. The van der Waals surface area contributed by atoms with Crippen molar-refractivity contribution in [1.82, 2.24) is 14.5 Å². The second-order valence-corrected chi connectivity index (χ2v) is 4.72. The second-order valence-electron chi connectivity index (χ2n) is 4.72. The molecule has 0 saturated heterocycles. The number of carboxylic acid groups (broad SMARTS) is 1. The summed E-state index contributed by atoms with van der Waals surface area (Å²) in [6.45, 7) is 1.59. The molecule has 1 atom stereocenters. The number of nitrogens with zero attached hydrogens (tertiary/aromatic N) is 2. The fourth-order valence-electron chi connectivity index (χ4n) is 1.80. The van der Waals surface area contributed by atoms with E-state index in [2.05, 4.69) is 5.32 Å². The molecule has 1 rings (SSSR count). The average molecular weight is 297 g/mol. The van der Waals surface area contributed by atoms with E-state index in [-0.39, 0.29) is 6.54 Å². The Kier molecular flexibility index (Phi) is 5.89. The number of amides is 1. The lowest BCUT2D eigenvalue weighted by Gasteiger charge is -2.14. The summed E-state index contributed by atoms with van der Waals surface area (Å²) in [6.07, 6.45) is 3.04. The Morgan fingerprint density at radius 2 is 2.05 bits per heavy atom. The van der Waals surface area contributed by atoms with Crippen LogP contribution in [0, 0.1) is 0 Å². The Balaban J connectivity index is 2.77. The number of rotatable bonds is 7. The zero-order valence-corrected chi connectivity index (χ0v) is 12.0. The molecular weight excluding hydrogens is 278 g/mol. The van der Waals surface area contributed by atoms with Gasteiger partial charge >= 0.3 is 11.7 Å². The number of unbranched alkanes of at least 4 members (excludes halogenated alkanes) is 1. The fourth-order valence-corrected chi connectivity index (χ4v) is 1.80. The van der Waals surface area contributed by atoms with Crippen molar-refractivity contribution in [3.05, 3.63) is 33.1 Å². The van der Waals surface area contributed by atoms with Gasteiger partial charge in [-0.2, -0.15) is 0 Å². The number of carbonyl (C=O) groups excluding carboxylic acids is 1. The molecule has 0 radical (unpaired) electrons. The fraction of sp³-hybridized carbons (Fsp3) is 0.538. The second kappa shape index (κ2) is 7.41. The molecule has 0 spiro atoms. The minimum atomic E-state index is -1.11. The van der Waals surface area contributed by atoms with Gasteiger partial charge in [0.05, 0.1) is 0 Å². The van der Waals surface area contributed by atoms with Crippen LogP contribution >= 0.6 is 0 Å². The van der Waals surface area contributed by atoms with Crippen molar-refractivity contribution in [3.63, 3.8) is 0 Å². The van der Waals surface area contributed by atoms with Gasteiger partial charge in [-0.3, -0.25) is 18.7 Å².